The minimum absolute atomic E-state index is 0.185. The van der Waals surface area contributed by atoms with Crippen LogP contribution in [0.15, 0.2) is 36.5 Å². The van der Waals surface area contributed by atoms with Crippen LogP contribution >= 0.6 is 0 Å². The monoisotopic (exact) mass is 180 g/mol. The van der Waals surface area contributed by atoms with E-state index >= 15 is 0 Å². The van der Waals surface area contributed by atoms with Gasteiger partial charge in [0.15, 0.2) is 0 Å². The van der Waals surface area contributed by atoms with Gasteiger partial charge in [-0.1, -0.05) is 39.2 Å². The van der Waals surface area contributed by atoms with Crippen molar-refractivity contribution in [3.63, 3.8) is 0 Å². The van der Waals surface area contributed by atoms with Crippen molar-refractivity contribution in [2.24, 2.45) is 0 Å². The Morgan fingerprint density at radius 1 is 1.00 bits per heavy atom. The number of rotatable bonds is 2. The molecule has 0 amide bonds. The van der Waals surface area contributed by atoms with E-state index in [1.165, 1.54) is 12.2 Å². The Labute approximate surface area is 77.4 Å². The third-order valence-electron chi connectivity index (χ3n) is 1.32. The standard InChI is InChI=1S/C8H6O3.C2H6/c1-3-5-6(4-2)8(10)11-7(5)9;1-2/h3-4H,1-2H2;1-2H3. The molecule has 0 atom stereocenters. The minimum Gasteiger partial charge on any atom is -0.386 e. The van der Waals surface area contributed by atoms with Gasteiger partial charge in [0.1, 0.15) is 0 Å². The van der Waals surface area contributed by atoms with Crippen LogP contribution in [0.5, 0.6) is 0 Å². The van der Waals surface area contributed by atoms with E-state index in [-0.39, 0.29) is 11.1 Å². The summed E-state index contributed by atoms with van der Waals surface area (Å²) in [7, 11) is 0. The van der Waals surface area contributed by atoms with Crippen LogP contribution in [0, 0.1) is 0 Å². The van der Waals surface area contributed by atoms with Gasteiger partial charge in [0.25, 0.3) is 0 Å². The Morgan fingerprint density at radius 3 is 1.54 bits per heavy atom. The summed E-state index contributed by atoms with van der Waals surface area (Å²) in [5.41, 5.74) is 0.370. The quantitative estimate of drug-likeness (QED) is 0.480. The van der Waals surface area contributed by atoms with Crippen molar-refractivity contribution in [3.05, 3.63) is 36.5 Å². The van der Waals surface area contributed by atoms with Gasteiger partial charge in [0.2, 0.25) is 0 Å². The number of carbonyl (C=O) groups excluding carboxylic acids is 2. The second-order valence-electron chi connectivity index (χ2n) is 1.91. The summed E-state index contributed by atoms with van der Waals surface area (Å²) < 4.78 is 4.27. The first-order chi connectivity index (χ1) is 6.20. The van der Waals surface area contributed by atoms with Crippen LogP contribution in [0.2, 0.25) is 0 Å². The van der Waals surface area contributed by atoms with E-state index < -0.39 is 11.9 Å². The Bertz CT molecular complexity index is 257. The number of hydrogen-bond acceptors (Lipinski definition) is 3. The van der Waals surface area contributed by atoms with E-state index in [0.29, 0.717) is 0 Å². The molecule has 0 N–H and O–H groups in total. The van der Waals surface area contributed by atoms with Crippen molar-refractivity contribution in [1.82, 2.24) is 0 Å². The SMILES string of the molecule is C=CC1=C(C=C)C(=O)OC1=O.CC. The van der Waals surface area contributed by atoms with Crippen molar-refractivity contribution >= 4 is 11.9 Å². The lowest BCUT2D eigenvalue weighted by atomic mass is 10.1. The zero-order valence-corrected chi connectivity index (χ0v) is 7.79. The molecule has 1 aliphatic heterocycles. The number of esters is 2. The Hall–Kier alpha value is -1.64. The Morgan fingerprint density at radius 2 is 1.31 bits per heavy atom. The molecule has 0 radical (unpaired) electrons. The zero-order chi connectivity index (χ0) is 10.4. The minimum atomic E-state index is -0.653. The Balaban J connectivity index is 0.000000671. The molecule has 3 heteroatoms. The van der Waals surface area contributed by atoms with E-state index in [4.69, 9.17) is 0 Å². The molecule has 0 bridgehead atoms. The molecule has 0 aromatic rings. The van der Waals surface area contributed by atoms with E-state index in [9.17, 15) is 9.59 Å². The molecule has 0 aromatic heterocycles. The molecule has 0 aromatic carbocycles. The highest BCUT2D eigenvalue weighted by molar-refractivity contribution is 6.15. The largest absolute Gasteiger partial charge is 0.386 e. The average molecular weight is 180 g/mol. The number of cyclic esters (lactones) is 2. The molecular formula is C10H12O3. The van der Waals surface area contributed by atoms with Crippen molar-refractivity contribution < 1.29 is 14.3 Å². The van der Waals surface area contributed by atoms with Crippen LogP contribution in [0.3, 0.4) is 0 Å². The molecule has 13 heavy (non-hydrogen) atoms. The predicted molar refractivity (Wildman–Crippen MR) is 49.9 cm³/mol. The van der Waals surface area contributed by atoms with Crippen LogP contribution < -0.4 is 0 Å². The van der Waals surface area contributed by atoms with E-state index in [0.717, 1.165) is 0 Å². The van der Waals surface area contributed by atoms with Crippen LogP contribution in [0.25, 0.3) is 0 Å². The topological polar surface area (TPSA) is 43.4 Å². The first kappa shape index (κ1) is 11.4. The molecule has 0 saturated heterocycles. The highest BCUT2D eigenvalue weighted by Crippen LogP contribution is 2.18. The normalized spacial score (nSPS) is 14.6. The second-order valence-corrected chi connectivity index (χ2v) is 1.91. The maximum absolute atomic E-state index is 10.8. The lowest BCUT2D eigenvalue weighted by Gasteiger charge is -1.84. The smallest absolute Gasteiger partial charge is 0.346 e. The van der Waals surface area contributed by atoms with Crippen LogP contribution in [-0.2, 0) is 14.3 Å². The highest BCUT2D eigenvalue weighted by atomic mass is 16.6. The van der Waals surface area contributed by atoms with Gasteiger partial charge in [0, 0.05) is 0 Å². The summed E-state index contributed by atoms with van der Waals surface area (Å²) in [5, 5.41) is 0. The lowest BCUT2D eigenvalue weighted by molar-refractivity contribution is -0.150. The van der Waals surface area contributed by atoms with Crippen molar-refractivity contribution in [3.8, 4) is 0 Å². The Kier molecular flexibility index (Phi) is 4.44. The molecule has 1 aliphatic rings. The van der Waals surface area contributed by atoms with Crippen molar-refractivity contribution in [1.29, 1.82) is 0 Å². The van der Waals surface area contributed by atoms with E-state index in [2.05, 4.69) is 17.9 Å². The summed E-state index contributed by atoms with van der Waals surface area (Å²) in [4.78, 5) is 21.5. The van der Waals surface area contributed by atoms with Gasteiger partial charge in [-0.3, -0.25) is 0 Å². The van der Waals surface area contributed by atoms with Crippen LogP contribution in [-0.4, -0.2) is 11.9 Å². The molecule has 1 rings (SSSR count). The molecular weight excluding hydrogens is 168 g/mol. The second kappa shape index (κ2) is 5.09. The van der Waals surface area contributed by atoms with E-state index in [1.807, 2.05) is 13.8 Å². The molecule has 0 aliphatic carbocycles. The fourth-order valence-corrected chi connectivity index (χ4v) is 0.801. The molecule has 0 fully saturated rings. The van der Waals surface area contributed by atoms with Gasteiger partial charge in [-0.2, -0.15) is 0 Å². The highest BCUT2D eigenvalue weighted by Gasteiger charge is 2.28. The van der Waals surface area contributed by atoms with Gasteiger partial charge >= 0.3 is 11.9 Å². The average Bonchev–Trinajstić information content (AvgIpc) is 2.43. The molecule has 0 saturated carbocycles. The molecule has 1 heterocycles. The third kappa shape index (κ3) is 2.15. The summed E-state index contributed by atoms with van der Waals surface area (Å²) in [6.07, 6.45) is 2.56. The van der Waals surface area contributed by atoms with Gasteiger partial charge in [0.05, 0.1) is 11.1 Å². The summed E-state index contributed by atoms with van der Waals surface area (Å²) >= 11 is 0. The zero-order valence-electron chi connectivity index (χ0n) is 7.79. The van der Waals surface area contributed by atoms with Gasteiger partial charge in [-0.25, -0.2) is 9.59 Å². The maximum atomic E-state index is 10.8. The molecule has 3 nitrogen and oxygen atoms in total. The molecule has 0 unspecified atom stereocenters. The first-order valence-electron chi connectivity index (χ1n) is 3.96. The first-order valence-corrected chi connectivity index (χ1v) is 3.96. The van der Waals surface area contributed by atoms with Gasteiger partial charge < -0.3 is 4.74 Å². The van der Waals surface area contributed by atoms with Gasteiger partial charge in [-0.15, -0.1) is 0 Å². The van der Waals surface area contributed by atoms with E-state index in [1.54, 1.807) is 0 Å². The summed E-state index contributed by atoms with van der Waals surface area (Å²) in [5.74, 6) is -1.31. The van der Waals surface area contributed by atoms with Crippen LogP contribution in [0.4, 0.5) is 0 Å². The third-order valence-corrected chi connectivity index (χ3v) is 1.32. The number of carbonyl (C=O) groups is 2. The molecule has 0 spiro atoms. The fourth-order valence-electron chi connectivity index (χ4n) is 0.801. The summed E-state index contributed by atoms with van der Waals surface area (Å²) in [6.45, 7) is 10.7. The van der Waals surface area contributed by atoms with Crippen molar-refractivity contribution in [2.45, 2.75) is 13.8 Å². The lowest BCUT2D eigenvalue weighted by Crippen LogP contribution is -2.00. The summed E-state index contributed by atoms with van der Waals surface area (Å²) in [6, 6.07) is 0. The fraction of sp³-hybridized carbons (Fsp3) is 0.200. The number of ether oxygens (including phenoxy) is 1. The predicted octanol–water partition coefficient (Wildman–Crippen LogP) is 1.76. The van der Waals surface area contributed by atoms with Gasteiger partial charge in [-0.05, 0) is 0 Å². The maximum Gasteiger partial charge on any atom is 0.346 e. The van der Waals surface area contributed by atoms with Crippen LogP contribution in [0.1, 0.15) is 13.8 Å². The number of hydrogen-bond donors (Lipinski definition) is 0. The van der Waals surface area contributed by atoms with Crippen molar-refractivity contribution in [2.75, 3.05) is 0 Å². The molecule has 70 valence electrons.